The van der Waals surface area contributed by atoms with E-state index in [0.29, 0.717) is 5.94 Å². The molecule has 0 aliphatic carbocycles. The Hall–Kier alpha value is -0.380. The van der Waals surface area contributed by atoms with E-state index in [9.17, 15) is 0 Å². The monoisotopic (exact) mass is 132 g/mol. The van der Waals surface area contributed by atoms with Gasteiger partial charge in [-0.25, -0.2) is 0 Å². The summed E-state index contributed by atoms with van der Waals surface area (Å²) in [7, 11) is 0. The zero-order chi connectivity index (χ0) is 5.82. The van der Waals surface area contributed by atoms with Crippen molar-refractivity contribution < 1.29 is 4.74 Å². The summed E-state index contributed by atoms with van der Waals surface area (Å²) in [4.78, 5) is 0. The van der Waals surface area contributed by atoms with Gasteiger partial charge in [0.1, 0.15) is 5.94 Å². The SMILES string of the molecule is CC1=NNCSCO1. The Labute approximate surface area is 52.5 Å². The lowest BCUT2D eigenvalue weighted by atomic mass is 10.8. The van der Waals surface area contributed by atoms with E-state index < -0.39 is 0 Å². The summed E-state index contributed by atoms with van der Waals surface area (Å²) in [6.07, 6.45) is 0. The Morgan fingerprint density at radius 1 is 1.88 bits per heavy atom. The van der Waals surface area contributed by atoms with Gasteiger partial charge in [0, 0.05) is 6.92 Å². The van der Waals surface area contributed by atoms with Crippen LogP contribution >= 0.6 is 11.8 Å². The van der Waals surface area contributed by atoms with Crippen LogP contribution in [0.25, 0.3) is 0 Å². The quantitative estimate of drug-likeness (QED) is 0.523. The number of rotatable bonds is 0. The molecule has 0 atom stereocenters. The van der Waals surface area contributed by atoms with E-state index in [2.05, 4.69) is 10.5 Å². The van der Waals surface area contributed by atoms with Crippen LogP contribution in [0.2, 0.25) is 0 Å². The second kappa shape index (κ2) is 2.81. The van der Waals surface area contributed by atoms with Crippen LogP contribution in [-0.4, -0.2) is 17.7 Å². The molecule has 0 saturated heterocycles. The zero-order valence-corrected chi connectivity index (χ0v) is 5.49. The fraction of sp³-hybridized carbons (Fsp3) is 0.750. The molecule has 1 aliphatic rings. The Kier molecular flexibility index (Phi) is 2.02. The molecule has 0 aromatic heterocycles. The highest BCUT2D eigenvalue weighted by atomic mass is 32.2. The van der Waals surface area contributed by atoms with Gasteiger partial charge in [0.05, 0.1) is 5.88 Å². The Bertz CT molecular complexity index is 104. The van der Waals surface area contributed by atoms with E-state index in [1.807, 2.05) is 6.92 Å². The van der Waals surface area contributed by atoms with Crippen molar-refractivity contribution in [3.8, 4) is 0 Å². The molecule has 1 aliphatic heterocycles. The van der Waals surface area contributed by atoms with E-state index in [1.54, 1.807) is 11.8 Å². The number of nitrogens with one attached hydrogen (secondary N) is 1. The number of thioether (sulfide) groups is 1. The summed E-state index contributed by atoms with van der Waals surface area (Å²) in [5.41, 5.74) is 2.82. The molecule has 0 unspecified atom stereocenters. The van der Waals surface area contributed by atoms with Crippen molar-refractivity contribution in [2.24, 2.45) is 5.10 Å². The number of hydrogen-bond donors (Lipinski definition) is 1. The maximum atomic E-state index is 5.05. The summed E-state index contributed by atoms with van der Waals surface area (Å²) in [6, 6.07) is 0. The van der Waals surface area contributed by atoms with E-state index in [4.69, 9.17) is 4.74 Å². The van der Waals surface area contributed by atoms with Crippen molar-refractivity contribution in [1.82, 2.24) is 5.43 Å². The zero-order valence-electron chi connectivity index (χ0n) is 4.68. The van der Waals surface area contributed by atoms with Crippen LogP contribution in [0.1, 0.15) is 6.92 Å². The summed E-state index contributed by atoms with van der Waals surface area (Å²) in [6.45, 7) is 1.83. The lowest BCUT2D eigenvalue weighted by Gasteiger charge is -1.95. The second-order valence-electron chi connectivity index (χ2n) is 1.40. The molecule has 1 heterocycles. The third kappa shape index (κ3) is 1.61. The first-order valence-corrected chi connectivity index (χ1v) is 3.53. The van der Waals surface area contributed by atoms with Crippen LogP contribution < -0.4 is 5.43 Å². The van der Waals surface area contributed by atoms with Gasteiger partial charge in [0.25, 0.3) is 0 Å². The van der Waals surface area contributed by atoms with Gasteiger partial charge in [0.2, 0.25) is 5.90 Å². The smallest absolute Gasteiger partial charge is 0.203 e. The highest BCUT2D eigenvalue weighted by Crippen LogP contribution is 2.00. The van der Waals surface area contributed by atoms with Gasteiger partial charge < -0.3 is 4.74 Å². The molecule has 0 spiro atoms. The third-order valence-corrected chi connectivity index (χ3v) is 1.37. The Balaban J connectivity index is 2.36. The van der Waals surface area contributed by atoms with Crippen LogP contribution in [0, 0.1) is 0 Å². The molecule has 0 aromatic rings. The molecule has 0 saturated carbocycles. The van der Waals surface area contributed by atoms with Crippen molar-refractivity contribution in [2.45, 2.75) is 6.92 Å². The molecule has 1 rings (SSSR count). The van der Waals surface area contributed by atoms with Crippen LogP contribution in [0.4, 0.5) is 0 Å². The van der Waals surface area contributed by atoms with Gasteiger partial charge >= 0.3 is 0 Å². The molecule has 1 N–H and O–H groups in total. The van der Waals surface area contributed by atoms with E-state index in [0.717, 1.165) is 11.8 Å². The average molecular weight is 132 g/mol. The minimum absolute atomic E-state index is 0.711. The highest BCUT2D eigenvalue weighted by Gasteiger charge is 1.95. The topological polar surface area (TPSA) is 33.6 Å². The number of hydrogen-bond acceptors (Lipinski definition) is 4. The van der Waals surface area contributed by atoms with E-state index in [1.165, 1.54) is 0 Å². The van der Waals surface area contributed by atoms with E-state index in [-0.39, 0.29) is 0 Å². The molecule has 8 heavy (non-hydrogen) atoms. The van der Waals surface area contributed by atoms with Gasteiger partial charge in [-0.3, -0.25) is 5.43 Å². The van der Waals surface area contributed by atoms with Crippen LogP contribution in [0.3, 0.4) is 0 Å². The fourth-order valence-corrected chi connectivity index (χ4v) is 0.883. The second-order valence-corrected chi connectivity index (χ2v) is 2.33. The number of ether oxygens (including phenoxy) is 1. The van der Waals surface area contributed by atoms with Gasteiger partial charge in [-0.05, 0) is 0 Å². The molecule has 3 nitrogen and oxygen atoms in total. The first kappa shape index (κ1) is 5.75. The molecular weight excluding hydrogens is 124 g/mol. The number of nitrogens with zero attached hydrogens (tertiary/aromatic N) is 1. The Morgan fingerprint density at radius 2 is 2.75 bits per heavy atom. The summed E-state index contributed by atoms with van der Waals surface area (Å²) < 4.78 is 5.05. The van der Waals surface area contributed by atoms with Crippen molar-refractivity contribution in [1.29, 1.82) is 0 Å². The average Bonchev–Trinajstić information content (AvgIpc) is 1.94. The maximum Gasteiger partial charge on any atom is 0.203 e. The van der Waals surface area contributed by atoms with Crippen molar-refractivity contribution in [3.63, 3.8) is 0 Å². The molecule has 0 amide bonds. The van der Waals surface area contributed by atoms with E-state index >= 15 is 0 Å². The van der Waals surface area contributed by atoms with Gasteiger partial charge in [0.15, 0.2) is 0 Å². The lowest BCUT2D eigenvalue weighted by Crippen LogP contribution is -2.03. The fourth-order valence-electron chi connectivity index (χ4n) is 0.390. The normalized spacial score (nSPS) is 19.9. The van der Waals surface area contributed by atoms with Crippen LogP contribution in [-0.2, 0) is 4.74 Å². The molecule has 0 radical (unpaired) electrons. The van der Waals surface area contributed by atoms with Crippen LogP contribution in [0.15, 0.2) is 5.10 Å². The van der Waals surface area contributed by atoms with Crippen molar-refractivity contribution in [2.75, 3.05) is 11.8 Å². The molecule has 4 heteroatoms. The summed E-state index contributed by atoms with van der Waals surface area (Å²) >= 11 is 1.67. The van der Waals surface area contributed by atoms with Crippen molar-refractivity contribution >= 4 is 17.7 Å². The third-order valence-electron chi connectivity index (χ3n) is 0.754. The predicted octanol–water partition coefficient (Wildman–Crippen LogP) is 0.588. The minimum Gasteiger partial charge on any atom is -0.469 e. The van der Waals surface area contributed by atoms with Crippen molar-refractivity contribution in [3.05, 3.63) is 0 Å². The van der Waals surface area contributed by atoms with Gasteiger partial charge in [-0.15, -0.1) is 5.10 Å². The molecule has 0 aromatic carbocycles. The molecule has 0 fully saturated rings. The van der Waals surface area contributed by atoms with Gasteiger partial charge in [-0.2, -0.15) is 0 Å². The largest absolute Gasteiger partial charge is 0.469 e. The highest BCUT2D eigenvalue weighted by molar-refractivity contribution is 7.99. The molecule has 0 bridgehead atoms. The first-order valence-electron chi connectivity index (χ1n) is 2.37. The maximum absolute atomic E-state index is 5.05. The number of hydrazone groups is 1. The first-order chi connectivity index (χ1) is 3.89. The van der Waals surface area contributed by atoms with Gasteiger partial charge in [-0.1, -0.05) is 11.8 Å². The predicted molar refractivity (Wildman–Crippen MR) is 34.7 cm³/mol. The Morgan fingerprint density at radius 3 is 3.62 bits per heavy atom. The standard InChI is InChI=1S/C4H8N2OS/c1-4-6-5-2-8-3-7-4/h5H,2-3H2,1H3. The summed E-state index contributed by atoms with van der Waals surface area (Å²) in [5.74, 6) is 2.27. The summed E-state index contributed by atoms with van der Waals surface area (Å²) in [5, 5.41) is 3.85. The molecular formula is C4H8N2OS. The lowest BCUT2D eigenvalue weighted by molar-refractivity contribution is 0.377. The molecule has 46 valence electrons. The van der Waals surface area contributed by atoms with Crippen LogP contribution in [0.5, 0.6) is 0 Å². The minimum atomic E-state index is 0.711.